The summed E-state index contributed by atoms with van der Waals surface area (Å²) in [5.74, 6) is 0.540. The third kappa shape index (κ3) is 5.30. The third-order valence-corrected chi connectivity index (χ3v) is 3.59. The minimum atomic E-state index is -0.360. The Hall–Kier alpha value is -1.44. The molecule has 1 unspecified atom stereocenters. The monoisotopic (exact) mass is 342 g/mol. The molecule has 8 heteroatoms. The molecule has 0 spiro atoms. The van der Waals surface area contributed by atoms with E-state index in [-0.39, 0.29) is 24.2 Å². The van der Waals surface area contributed by atoms with Crippen molar-refractivity contribution in [3.8, 4) is 0 Å². The molecule has 2 rings (SSSR count). The number of aromatic nitrogens is 2. The van der Waals surface area contributed by atoms with Crippen molar-refractivity contribution in [3.63, 3.8) is 0 Å². The van der Waals surface area contributed by atoms with Crippen LogP contribution in [0.2, 0.25) is 5.02 Å². The van der Waals surface area contributed by atoms with Crippen LogP contribution in [0.1, 0.15) is 13.8 Å². The molecule has 1 aromatic rings. The first-order chi connectivity index (χ1) is 10.8. The molecule has 0 aromatic carbocycles. The summed E-state index contributed by atoms with van der Waals surface area (Å²) in [4.78, 5) is 23.6. The van der Waals surface area contributed by atoms with Crippen LogP contribution in [0.25, 0.3) is 0 Å². The summed E-state index contributed by atoms with van der Waals surface area (Å²) < 4.78 is 11.5. The summed E-state index contributed by atoms with van der Waals surface area (Å²) >= 11 is 5.83. The van der Waals surface area contributed by atoms with E-state index in [4.69, 9.17) is 21.1 Å². The van der Waals surface area contributed by atoms with Crippen molar-refractivity contribution in [1.82, 2.24) is 14.9 Å². The maximum Gasteiger partial charge on any atom is 0.248 e. The van der Waals surface area contributed by atoms with Gasteiger partial charge in [0, 0.05) is 27.2 Å². The zero-order valence-corrected chi connectivity index (χ0v) is 14.7. The number of morpholine rings is 1. The van der Waals surface area contributed by atoms with Crippen LogP contribution in [-0.4, -0.2) is 72.9 Å². The predicted octanol–water partition coefficient (Wildman–Crippen LogP) is 1.22. The SMILES string of the molecule is CN(C)C(=O)COCC1CN(c2ncc(Cl)cn2)CC(C)(C)O1. The third-order valence-electron chi connectivity index (χ3n) is 3.40. The first-order valence-electron chi connectivity index (χ1n) is 7.45. The fourth-order valence-corrected chi connectivity index (χ4v) is 2.51. The van der Waals surface area contributed by atoms with Gasteiger partial charge in [0.05, 0.1) is 35.7 Å². The highest BCUT2D eigenvalue weighted by molar-refractivity contribution is 6.30. The topological polar surface area (TPSA) is 67.8 Å². The van der Waals surface area contributed by atoms with Crippen LogP contribution in [0.15, 0.2) is 12.4 Å². The Bertz CT molecular complexity index is 536. The number of hydrogen-bond acceptors (Lipinski definition) is 6. The Labute approximate surface area is 141 Å². The number of hydrogen-bond donors (Lipinski definition) is 0. The van der Waals surface area contributed by atoms with Gasteiger partial charge in [-0.05, 0) is 13.8 Å². The van der Waals surface area contributed by atoms with E-state index in [1.165, 1.54) is 4.90 Å². The van der Waals surface area contributed by atoms with Crippen LogP contribution in [0.5, 0.6) is 0 Å². The highest BCUT2D eigenvalue weighted by Gasteiger charge is 2.34. The van der Waals surface area contributed by atoms with Crippen molar-refractivity contribution in [2.45, 2.75) is 25.6 Å². The van der Waals surface area contributed by atoms with Gasteiger partial charge in [-0.15, -0.1) is 0 Å². The zero-order valence-electron chi connectivity index (χ0n) is 14.0. The van der Waals surface area contributed by atoms with E-state index >= 15 is 0 Å². The van der Waals surface area contributed by atoms with Crippen LogP contribution in [0, 0.1) is 0 Å². The van der Waals surface area contributed by atoms with Crippen molar-refractivity contribution < 1.29 is 14.3 Å². The standard InChI is InChI=1S/C15H23ClN4O3/c1-15(2)10-20(14-17-5-11(16)6-18-14)7-12(23-15)8-22-9-13(21)19(3)4/h5-6,12H,7-10H2,1-4H3. The lowest BCUT2D eigenvalue weighted by Gasteiger charge is -2.42. The molecule has 1 saturated heterocycles. The van der Waals surface area contributed by atoms with E-state index in [1.807, 2.05) is 18.7 Å². The van der Waals surface area contributed by atoms with Crippen molar-refractivity contribution in [1.29, 1.82) is 0 Å². The summed E-state index contributed by atoms with van der Waals surface area (Å²) in [7, 11) is 3.40. The fourth-order valence-electron chi connectivity index (χ4n) is 2.41. The van der Waals surface area contributed by atoms with Crippen molar-refractivity contribution in [3.05, 3.63) is 17.4 Å². The summed E-state index contributed by atoms with van der Waals surface area (Å²) in [6.07, 6.45) is 2.99. The second-order valence-corrected chi connectivity index (χ2v) is 6.82. The van der Waals surface area contributed by atoms with Crippen LogP contribution in [0.4, 0.5) is 5.95 Å². The molecule has 1 fully saturated rings. The van der Waals surface area contributed by atoms with Gasteiger partial charge in [-0.3, -0.25) is 4.79 Å². The maximum absolute atomic E-state index is 11.5. The van der Waals surface area contributed by atoms with Gasteiger partial charge in [0.25, 0.3) is 0 Å². The fraction of sp³-hybridized carbons (Fsp3) is 0.667. The average molecular weight is 343 g/mol. The smallest absolute Gasteiger partial charge is 0.248 e. The van der Waals surface area contributed by atoms with Crippen LogP contribution < -0.4 is 4.90 Å². The van der Waals surface area contributed by atoms with Crippen molar-refractivity contribution in [2.75, 3.05) is 45.3 Å². The molecule has 1 aromatic heterocycles. The van der Waals surface area contributed by atoms with Gasteiger partial charge in [-0.1, -0.05) is 11.6 Å². The van der Waals surface area contributed by atoms with Gasteiger partial charge in [0.2, 0.25) is 11.9 Å². The quantitative estimate of drug-likeness (QED) is 0.801. The lowest BCUT2D eigenvalue weighted by Crippen LogP contribution is -2.54. The normalized spacial score (nSPS) is 20.4. The molecule has 128 valence electrons. The van der Waals surface area contributed by atoms with E-state index in [2.05, 4.69) is 9.97 Å². The molecule has 0 saturated carbocycles. The molecule has 2 heterocycles. The van der Waals surface area contributed by atoms with E-state index in [1.54, 1.807) is 26.5 Å². The predicted molar refractivity (Wildman–Crippen MR) is 87.7 cm³/mol. The van der Waals surface area contributed by atoms with Crippen molar-refractivity contribution >= 4 is 23.5 Å². The van der Waals surface area contributed by atoms with Crippen molar-refractivity contribution in [2.24, 2.45) is 0 Å². The Kier molecular flexibility index (Phi) is 5.78. The van der Waals surface area contributed by atoms with Crippen LogP contribution >= 0.6 is 11.6 Å². The molecule has 0 bridgehead atoms. The van der Waals surface area contributed by atoms with Crippen LogP contribution in [0.3, 0.4) is 0 Å². The van der Waals surface area contributed by atoms with Gasteiger partial charge in [-0.2, -0.15) is 0 Å². The van der Waals surface area contributed by atoms with Crippen LogP contribution in [-0.2, 0) is 14.3 Å². The maximum atomic E-state index is 11.5. The molecule has 23 heavy (non-hydrogen) atoms. The number of carbonyl (C=O) groups is 1. The molecule has 1 amide bonds. The Morgan fingerprint density at radius 1 is 1.48 bits per heavy atom. The van der Waals surface area contributed by atoms with E-state index in [0.29, 0.717) is 30.7 Å². The average Bonchev–Trinajstić information content (AvgIpc) is 2.46. The number of likely N-dealkylation sites (N-methyl/N-ethyl adjacent to an activating group) is 1. The molecular formula is C15H23ClN4O3. The number of nitrogens with zero attached hydrogens (tertiary/aromatic N) is 4. The zero-order chi connectivity index (χ0) is 17.0. The molecule has 1 atom stereocenters. The first kappa shape index (κ1) is 17.9. The van der Waals surface area contributed by atoms with Gasteiger partial charge < -0.3 is 19.3 Å². The molecular weight excluding hydrogens is 320 g/mol. The minimum absolute atomic E-state index is 0.0464. The lowest BCUT2D eigenvalue weighted by atomic mass is 10.1. The number of anilines is 1. The van der Waals surface area contributed by atoms with E-state index in [9.17, 15) is 4.79 Å². The number of carbonyl (C=O) groups excluding carboxylic acids is 1. The number of amides is 1. The summed E-state index contributed by atoms with van der Waals surface area (Å²) in [6, 6.07) is 0. The highest BCUT2D eigenvalue weighted by atomic mass is 35.5. The molecule has 0 N–H and O–H groups in total. The van der Waals surface area contributed by atoms with Gasteiger partial charge in [-0.25, -0.2) is 9.97 Å². The number of ether oxygens (including phenoxy) is 2. The molecule has 0 aliphatic carbocycles. The van der Waals surface area contributed by atoms with Gasteiger partial charge in [0.1, 0.15) is 6.61 Å². The van der Waals surface area contributed by atoms with E-state index in [0.717, 1.165) is 0 Å². The Morgan fingerprint density at radius 2 is 2.13 bits per heavy atom. The second-order valence-electron chi connectivity index (χ2n) is 6.38. The first-order valence-corrected chi connectivity index (χ1v) is 7.83. The molecule has 1 aliphatic rings. The summed E-state index contributed by atoms with van der Waals surface area (Å²) in [5, 5.41) is 0.503. The number of halogens is 1. The minimum Gasteiger partial charge on any atom is -0.369 e. The Balaban J connectivity index is 1.95. The number of rotatable bonds is 5. The summed E-state index contributed by atoms with van der Waals surface area (Å²) in [6.45, 7) is 5.67. The van der Waals surface area contributed by atoms with E-state index < -0.39 is 0 Å². The summed E-state index contributed by atoms with van der Waals surface area (Å²) in [5.41, 5.74) is -0.360. The Morgan fingerprint density at radius 3 is 2.74 bits per heavy atom. The van der Waals surface area contributed by atoms with Gasteiger partial charge >= 0.3 is 0 Å². The highest BCUT2D eigenvalue weighted by Crippen LogP contribution is 2.24. The molecule has 1 aliphatic heterocycles. The largest absolute Gasteiger partial charge is 0.369 e. The van der Waals surface area contributed by atoms with Gasteiger partial charge in [0.15, 0.2) is 0 Å². The molecule has 7 nitrogen and oxygen atoms in total. The lowest BCUT2D eigenvalue weighted by molar-refractivity contribution is -0.139. The second kappa shape index (κ2) is 7.42. The molecule has 0 radical (unpaired) electrons.